The Morgan fingerprint density at radius 3 is 2.74 bits per heavy atom. The van der Waals surface area contributed by atoms with E-state index in [1.807, 2.05) is 11.9 Å². The molecule has 1 aromatic heterocycles. The molecule has 2 rings (SSSR count). The highest BCUT2D eigenvalue weighted by molar-refractivity contribution is 7.99. The summed E-state index contributed by atoms with van der Waals surface area (Å²) in [7, 11) is 1.90. The standard InChI is InChI=1S/C16H28N4O2S/c1-4-5-10-20-15(22)17-18-16(20)23-11-14(21)19(3)13-8-6-12(2)7-9-13/h12-13H,4-11H2,1-3H3,(H,17,22). The Bertz CT molecular complexity index is 561. The number of thioether (sulfide) groups is 1. The van der Waals surface area contributed by atoms with E-state index >= 15 is 0 Å². The minimum atomic E-state index is -0.192. The lowest BCUT2D eigenvalue weighted by molar-refractivity contribution is -0.129. The van der Waals surface area contributed by atoms with Crippen molar-refractivity contribution in [2.75, 3.05) is 12.8 Å². The van der Waals surface area contributed by atoms with Crippen LogP contribution in [0.25, 0.3) is 0 Å². The molecular formula is C16H28N4O2S. The third-order valence-electron chi connectivity index (χ3n) is 4.71. The second-order valence-corrected chi connectivity index (χ2v) is 7.47. The molecule has 1 aliphatic carbocycles. The fourth-order valence-corrected chi connectivity index (χ4v) is 3.88. The smallest absolute Gasteiger partial charge is 0.342 e. The van der Waals surface area contributed by atoms with E-state index in [0.29, 0.717) is 23.5 Å². The first-order valence-corrected chi connectivity index (χ1v) is 9.55. The highest BCUT2D eigenvalue weighted by Crippen LogP contribution is 2.27. The summed E-state index contributed by atoms with van der Waals surface area (Å²) in [6.07, 6.45) is 6.54. The molecule has 0 bridgehead atoms. The van der Waals surface area contributed by atoms with Gasteiger partial charge in [0.1, 0.15) is 0 Å². The summed E-state index contributed by atoms with van der Waals surface area (Å²) in [5.41, 5.74) is -0.192. The van der Waals surface area contributed by atoms with Crippen molar-refractivity contribution in [2.45, 2.75) is 70.1 Å². The number of rotatable bonds is 7. The molecule has 1 aromatic rings. The number of aromatic nitrogens is 3. The molecule has 0 radical (unpaired) electrons. The molecule has 1 heterocycles. The van der Waals surface area contributed by atoms with E-state index in [1.54, 1.807) is 4.57 Å². The first-order chi connectivity index (χ1) is 11.0. The first kappa shape index (κ1) is 18.1. The topological polar surface area (TPSA) is 71.0 Å². The number of aromatic amines is 1. The normalized spacial score (nSPS) is 21.3. The molecule has 0 atom stereocenters. The number of hydrogen-bond donors (Lipinski definition) is 1. The average Bonchev–Trinajstić information content (AvgIpc) is 2.90. The Morgan fingerprint density at radius 2 is 2.09 bits per heavy atom. The molecule has 23 heavy (non-hydrogen) atoms. The molecule has 0 aliphatic heterocycles. The van der Waals surface area contributed by atoms with Gasteiger partial charge in [-0.3, -0.25) is 9.36 Å². The molecule has 1 fully saturated rings. The number of unbranched alkanes of at least 4 members (excludes halogenated alkanes) is 1. The van der Waals surface area contributed by atoms with Gasteiger partial charge in [-0.15, -0.1) is 5.10 Å². The van der Waals surface area contributed by atoms with Crippen LogP contribution in [0.1, 0.15) is 52.4 Å². The molecule has 7 heteroatoms. The number of H-pyrrole nitrogens is 1. The second kappa shape index (κ2) is 8.57. The van der Waals surface area contributed by atoms with Crippen molar-refractivity contribution in [3.63, 3.8) is 0 Å². The van der Waals surface area contributed by atoms with Gasteiger partial charge in [-0.2, -0.15) is 0 Å². The zero-order valence-electron chi connectivity index (χ0n) is 14.4. The SMILES string of the molecule is CCCCn1c(SCC(=O)N(C)C2CCC(C)CC2)n[nH]c1=O. The molecule has 1 aliphatic rings. The van der Waals surface area contributed by atoms with Crippen LogP contribution in [0.15, 0.2) is 9.95 Å². The van der Waals surface area contributed by atoms with Crippen LogP contribution in [0.3, 0.4) is 0 Å². The van der Waals surface area contributed by atoms with Crippen LogP contribution >= 0.6 is 11.8 Å². The third-order valence-corrected chi connectivity index (χ3v) is 5.67. The average molecular weight is 340 g/mol. The molecule has 0 spiro atoms. The predicted octanol–water partition coefficient (Wildman–Crippen LogP) is 2.50. The van der Waals surface area contributed by atoms with Crippen LogP contribution in [0, 0.1) is 5.92 Å². The van der Waals surface area contributed by atoms with Crippen LogP contribution in [0.2, 0.25) is 0 Å². The summed E-state index contributed by atoms with van der Waals surface area (Å²) >= 11 is 1.35. The lowest BCUT2D eigenvalue weighted by Gasteiger charge is -2.33. The van der Waals surface area contributed by atoms with Crippen LogP contribution in [0.4, 0.5) is 0 Å². The lowest BCUT2D eigenvalue weighted by Crippen LogP contribution is -2.40. The third kappa shape index (κ3) is 4.86. The van der Waals surface area contributed by atoms with E-state index in [2.05, 4.69) is 24.0 Å². The number of nitrogens with one attached hydrogen (secondary N) is 1. The van der Waals surface area contributed by atoms with E-state index in [1.165, 1.54) is 24.6 Å². The zero-order chi connectivity index (χ0) is 16.8. The van der Waals surface area contributed by atoms with Crippen LogP contribution in [-0.4, -0.2) is 44.4 Å². The highest BCUT2D eigenvalue weighted by atomic mass is 32.2. The maximum Gasteiger partial charge on any atom is 0.343 e. The van der Waals surface area contributed by atoms with Crippen molar-refractivity contribution in [3.8, 4) is 0 Å². The van der Waals surface area contributed by atoms with Gasteiger partial charge in [0.25, 0.3) is 0 Å². The Kier molecular flexibility index (Phi) is 6.74. The molecular weight excluding hydrogens is 312 g/mol. The monoisotopic (exact) mass is 340 g/mol. The number of hydrogen-bond acceptors (Lipinski definition) is 4. The Morgan fingerprint density at radius 1 is 1.39 bits per heavy atom. The van der Waals surface area contributed by atoms with Crippen molar-refractivity contribution in [2.24, 2.45) is 5.92 Å². The largest absolute Gasteiger partial charge is 0.343 e. The maximum absolute atomic E-state index is 12.4. The highest BCUT2D eigenvalue weighted by Gasteiger charge is 2.25. The van der Waals surface area contributed by atoms with E-state index in [4.69, 9.17) is 0 Å². The summed E-state index contributed by atoms with van der Waals surface area (Å²) in [4.78, 5) is 26.0. The van der Waals surface area contributed by atoms with Crippen molar-refractivity contribution < 1.29 is 4.79 Å². The summed E-state index contributed by atoms with van der Waals surface area (Å²) in [6.45, 7) is 5.02. The van der Waals surface area contributed by atoms with Crippen LogP contribution in [0.5, 0.6) is 0 Å². The zero-order valence-corrected chi connectivity index (χ0v) is 15.2. The fourth-order valence-electron chi connectivity index (χ4n) is 2.99. The molecule has 1 N–H and O–H groups in total. The fraction of sp³-hybridized carbons (Fsp3) is 0.812. The minimum Gasteiger partial charge on any atom is -0.342 e. The molecule has 0 aromatic carbocycles. The van der Waals surface area contributed by atoms with Crippen molar-refractivity contribution in [1.29, 1.82) is 0 Å². The van der Waals surface area contributed by atoms with Gasteiger partial charge < -0.3 is 4.90 Å². The molecule has 0 saturated heterocycles. The van der Waals surface area contributed by atoms with E-state index < -0.39 is 0 Å². The van der Waals surface area contributed by atoms with E-state index in [9.17, 15) is 9.59 Å². The van der Waals surface area contributed by atoms with Crippen molar-refractivity contribution in [1.82, 2.24) is 19.7 Å². The Balaban J connectivity index is 1.87. The number of amides is 1. The molecule has 1 saturated carbocycles. The van der Waals surface area contributed by atoms with Crippen LogP contribution in [-0.2, 0) is 11.3 Å². The number of carbonyl (C=O) groups excluding carboxylic acids is 1. The van der Waals surface area contributed by atoms with Gasteiger partial charge in [-0.1, -0.05) is 32.0 Å². The quantitative estimate of drug-likeness (QED) is 0.774. The summed E-state index contributed by atoms with van der Waals surface area (Å²) in [5.74, 6) is 1.23. The van der Waals surface area contributed by atoms with Gasteiger partial charge >= 0.3 is 5.69 Å². The van der Waals surface area contributed by atoms with Crippen molar-refractivity contribution >= 4 is 17.7 Å². The van der Waals surface area contributed by atoms with Gasteiger partial charge in [0.05, 0.1) is 5.75 Å². The number of nitrogens with zero attached hydrogens (tertiary/aromatic N) is 3. The van der Waals surface area contributed by atoms with Gasteiger partial charge in [0, 0.05) is 19.6 Å². The maximum atomic E-state index is 12.4. The van der Waals surface area contributed by atoms with Gasteiger partial charge in [0.15, 0.2) is 5.16 Å². The Labute approximate surface area is 142 Å². The van der Waals surface area contributed by atoms with Crippen LogP contribution < -0.4 is 5.69 Å². The van der Waals surface area contributed by atoms with Gasteiger partial charge in [-0.25, -0.2) is 9.89 Å². The summed E-state index contributed by atoms with van der Waals surface area (Å²) in [6, 6.07) is 0.362. The summed E-state index contributed by atoms with van der Waals surface area (Å²) in [5, 5.41) is 7.13. The van der Waals surface area contributed by atoms with Gasteiger partial charge in [0.2, 0.25) is 5.91 Å². The van der Waals surface area contributed by atoms with Gasteiger partial charge in [-0.05, 0) is 38.0 Å². The van der Waals surface area contributed by atoms with E-state index in [0.717, 1.165) is 31.6 Å². The second-order valence-electron chi connectivity index (χ2n) is 6.52. The molecule has 6 nitrogen and oxygen atoms in total. The predicted molar refractivity (Wildman–Crippen MR) is 92.7 cm³/mol. The Hall–Kier alpha value is -1.24. The molecule has 1 amide bonds. The first-order valence-electron chi connectivity index (χ1n) is 8.56. The minimum absolute atomic E-state index is 0.118. The van der Waals surface area contributed by atoms with Crippen molar-refractivity contribution in [3.05, 3.63) is 10.5 Å². The van der Waals surface area contributed by atoms with E-state index in [-0.39, 0.29) is 11.6 Å². The molecule has 130 valence electrons. The molecule has 0 unspecified atom stereocenters. The summed E-state index contributed by atoms with van der Waals surface area (Å²) < 4.78 is 1.63. The number of carbonyl (C=O) groups is 1. The lowest BCUT2D eigenvalue weighted by atomic mass is 9.87.